The molecule has 0 heterocycles. The summed E-state index contributed by atoms with van der Waals surface area (Å²) >= 11 is -2.57. The Balaban J connectivity index is 2.10. The highest BCUT2D eigenvalue weighted by molar-refractivity contribution is 7.75. The number of hydrogen-bond acceptors (Lipinski definition) is 7. The van der Waals surface area contributed by atoms with Gasteiger partial charge in [-0.15, -0.1) is 0 Å². The molecule has 13 heteroatoms. The molecule has 2 aromatic rings. The van der Waals surface area contributed by atoms with Crippen LogP contribution in [0.25, 0.3) is 0 Å². The van der Waals surface area contributed by atoms with Gasteiger partial charge in [0, 0.05) is 12.1 Å². The molecule has 0 aliphatic heterocycles. The molecule has 0 spiro atoms. The zero-order chi connectivity index (χ0) is 20.2. The summed E-state index contributed by atoms with van der Waals surface area (Å²) in [4.78, 5) is 20.2. The van der Waals surface area contributed by atoms with E-state index in [-0.39, 0.29) is 5.75 Å². The number of nitro benzene ring substituents is 2. The fourth-order valence-electron chi connectivity index (χ4n) is 1.96. The van der Waals surface area contributed by atoms with E-state index in [0.29, 0.717) is 12.1 Å². The Labute approximate surface area is 151 Å². The topological polar surface area (TPSA) is 122 Å². The summed E-state index contributed by atoms with van der Waals surface area (Å²) in [5, 5.41) is 21.9. The lowest BCUT2D eigenvalue weighted by molar-refractivity contribution is -0.396. The molecule has 0 saturated heterocycles. The van der Waals surface area contributed by atoms with Gasteiger partial charge < -0.3 is 4.18 Å². The molecule has 1 unspecified atom stereocenters. The van der Waals surface area contributed by atoms with Crippen LogP contribution >= 0.6 is 0 Å². The van der Waals surface area contributed by atoms with Crippen LogP contribution in [0.2, 0.25) is 0 Å². The lowest BCUT2D eigenvalue weighted by atomic mass is 10.1. The molecule has 2 aromatic carbocycles. The smallest absolute Gasteiger partial charge is 0.380 e. The fraction of sp³-hybridized carbons (Fsp3) is 0.143. The van der Waals surface area contributed by atoms with E-state index in [2.05, 4.69) is 0 Å². The lowest BCUT2D eigenvalue weighted by Gasteiger charge is -2.08. The van der Waals surface area contributed by atoms with E-state index in [9.17, 15) is 37.6 Å². The quantitative estimate of drug-likeness (QED) is 0.507. The average molecular weight is 406 g/mol. The normalized spacial score (nSPS) is 12.4. The Morgan fingerprint density at radius 2 is 1.48 bits per heavy atom. The second-order valence-corrected chi connectivity index (χ2v) is 5.67. The van der Waals surface area contributed by atoms with Crippen molar-refractivity contribution in [2.75, 3.05) is 0 Å². The molecule has 9 nitrogen and oxygen atoms in total. The third-order valence-corrected chi connectivity index (χ3v) is 3.80. The van der Waals surface area contributed by atoms with Crippen molar-refractivity contribution in [3.05, 3.63) is 73.8 Å². The summed E-state index contributed by atoms with van der Waals surface area (Å²) in [6.07, 6.45) is -4.56. The number of halogens is 3. The molecule has 0 aromatic heterocycles. The van der Waals surface area contributed by atoms with E-state index in [4.69, 9.17) is 8.37 Å². The minimum absolute atomic E-state index is 0.224. The number of rotatable bonds is 7. The molecule has 0 amide bonds. The minimum Gasteiger partial charge on any atom is -0.380 e. The Morgan fingerprint density at radius 3 is 1.93 bits per heavy atom. The van der Waals surface area contributed by atoms with Crippen LogP contribution < -0.4 is 4.18 Å². The molecule has 0 fully saturated rings. The third-order valence-electron chi connectivity index (χ3n) is 3.17. The second-order valence-electron chi connectivity index (χ2n) is 4.86. The first kappa shape index (κ1) is 20.3. The van der Waals surface area contributed by atoms with Crippen LogP contribution in [-0.4, -0.2) is 14.1 Å². The van der Waals surface area contributed by atoms with E-state index < -0.39 is 56.5 Å². The van der Waals surface area contributed by atoms with Gasteiger partial charge in [-0.2, -0.15) is 17.4 Å². The summed E-state index contributed by atoms with van der Waals surface area (Å²) in [6.45, 7) is -0.791. The number of alkyl halides is 3. The molecule has 144 valence electrons. The maximum Gasteiger partial charge on any atom is 0.416 e. The Kier molecular flexibility index (Phi) is 6.07. The zero-order valence-corrected chi connectivity index (χ0v) is 13.9. The number of hydrogen-bond donors (Lipinski definition) is 0. The van der Waals surface area contributed by atoms with Gasteiger partial charge in [0.2, 0.25) is 0 Å². The lowest BCUT2D eigenvalue weighted by Crippen LogP contribution is -2.09. The molecule has 1 atom stereocenters. The van der Waals surface area contributed by atoms with Crippen molar-refractivity contribution in [2.45, 2.75) is 12.8 Å². The first-order valence-electron chi connectivity index (χ1n) is 6.91. The minimum atomic E-state index is -4.56. The van der Waals surface area contributed by atoms with Crippen LogP contribution in [-0.2, 0) is 28.3 Å². The van der Waals surface area contributed by atoms with Crippen molar-refractivity contribution in [2.24, 2.45) is 0 Å². The molecular formula is C14H9F3N2O7S. The Bertz CT molecular complexity index is 855. The van der Waals surface area contributed by atoms with Gasteiger partial charge in [0.25, 0.3) is 11.4 Å². The molecule has 0 N–H and O–H groups in total. The highest BCUT2D eigenvalue weighted by Gasteiger charge is 2.30. The highest BCUT2D eigenvalue weighted by atomic mass is 32.2. The molecule has 0 aliphatic rings. The molecule has 0 radical (unpaired) electrons. The summed E-state index contributed by atoms with van der Waals surface area (Å²) < 4.78 is 58.6. The number of benzene rings is 2. The van der Waals surface area contributed by atoms with Crippen molar-refractivity contribution in [1.82, 2.24) is 0 Å². The first-order chi connectivity index (χ1) is 12.6. The fourth-order valence-corrected chi connectivity index (χ4v) is 2.49. The van der Waals surface area contributed by atoms with Crippen LogP contribution in [0.1, 0.15) is 11.1 Å². The van der Waals surface area contributed by atoms with Crippen LogP contribution in [0.4, 0.5) is 24.5 Å². The number of nitrogens with zero attached hydrogens (tertiary/aromatic N) is 2. The van der Waals surface area contributed by atoms with Crippen molar-refractivity contribution in [1.29, 1.82) is 0 Å². The maximum atomic E-state index is 12.5. The van der Waals surface area contributed by atoms with Gasteiger partial charge in [-0.1, -0.05) is 0 Å². The van der Waals surface area contributed by atoms with Crippen LogP contribution in [0.5, 0.6) is 5.75 Å². The first-order valence-corrected chi connectivity index (χ1v) is 7.91. The van der Waals surface area contributed by atoms with Gasteiger partial charge in [-0.3, -0.25) is 24.4 Å². The van der Waals surface area contributed by atoms with Crippen LogP contribution in [0.15, 0.2) is 42.5 Å². The van der Waals surface area contributed by atoms with E-state index in [1.165, 1.54) is 0 Å². The Hall–Kier alpha value is -3.06. The zero-order valence-electron chi connectivity index (χ0n) is 13.0. The molecule has 0 saturated carbocycles. The van der Waals surface area contributed by atoms with Gasteiger partial charge in [0.15, 0.2) is 0 Å². The maximum absolute atomic E-state index is 12.5. The van der Waals surface area contributed by atoms with Crippen LogP contribution in [0, 0.1) is 20.2 Å². The van der Waals surface area contributed by atoms with E-state index in [1.807, 2.05) is 0 Å². The largest absolute Gasteiger partial charge is 0.416 e. The molecule has 2 rings (SSSR count). The third kappa shape index (κ3) is 5.21. The van der Waals surface area contributed by atoms with Gasteiger partial charge in [-0.05, 0) is 30.3 Å². The summed E-state index contributed by atoms with van der Waals surface area (Å²) in [5.41, 5.74) is -2.61. The van der Waals surface area contributed by atoms with Gasteiger partial charge in [0.05, 0.1) is 15.4 Å². The van der Waals surface area contributed by atoms with E-state index >= 15 is 0 Å². The highest BCUT2D eigenvalue weighted by Crippen LogP contribution is 2.31. The monoisotopic (exact) mass is 406 g/mol. The SMILES string of the molecule is O=[N+]([O-])c1cccc([N+](=O)[O-])c1COS(=O)Oc1ccc(C(F)(F)F)cc1. The van der Waals surface area contributed by atoms with Crippen molar-refractivity contribution in [3.63, 3.8) is 0 Å². The van der Waals surface area contributed by atoms with Crippen LogP contribution in [0.3, 0.4) is 0 Å². The van der Waals surface area contributed by atoms with Crippen molar-refractivity contribution < 1.29 is 35.6 Å². The summed E-state index contributed by atoms with van der Waals surface area (Å²) in [7, 11) is 0. The van der Waals surface area contributed by atoms with E-state index in [0.717, 1.165) is 30.3 Å². The molecular weight excluding hydrogens is 397 g/mol. The summed E-state index contributed by atoms with van der Waals surface area (Å²) in [5.74, 6) is -0.224. The van der Waals surface area contributed by atoms with Crippen molar-refractivity contribution >= 4 is 22.7 Å². The number of nitro groups is 2. The Morgan fingerprint density at radius 1 is 0.963 bits per heavy atom. The standard InChI is InChI=1S/C14H9F3N2O7S/c15-14(16,17)9-4-6-10(7-5-9)26-27(24)25-8-11-12(18(20)21)2-1-3-13(11)19(22)23/h1-7H,8H2. The predicted molar refractivity (Wildman–Crippen MR) is 84.8 cm³/mol. The molecule has 0 aliphatic carbocycles. The molecule has 0 bridgehead atoms. The van der Waals surface area contributed by atoms with Gasteiger partial charge in [-0.25, -0.2) is 0 Å². The average Bonchev–Trinajstić information content (AvgIpc) is 2.59. The predicted octanol–water partition coefficient (Wildman–Crippen LogP) is 3.70. The van der Waals surface area contributed by atoms with Gasteiger partial charge >= 0.3 is 17.5 Å². The second kappa shape index (κ2) is 8.09. The summed E-state index contributed by atoms with van der Waals surface area (Å²) in [6, 6.07) is 6.31. The molecule has 27 heavy (non-hydrogen) atoms. The van der Waals surface area contributed by atoms with Gasteiger partial charge in [0.1, 0.15) is 17.9 Å². The van der Waals surface area contributed by atoms with E-state index in [1.54, 1.807) is 0 Å². The van der Waals surface area contributed by atoms with Crippen molar-refractivity contribution in [3.8, 4) is 5.75 Å².